The number of anilines is 1. The zero-order chi connectivity index (χ0) is 11.4. The van der Waals surface area contributed by atoms with Crippen molar-refractivity contribution in [3.63, 3.8) is 0 Å². The Bertz CT molecular complexity index is 405. The molecule has 0 aliphatic carbocycles. The van der Waals surface area contributed by atoms with Crippen molar-refractivity contribution in [1.82, 2.24) is 5.32 Å². The van der Waals surface area contributed by atoms with Gasteiger partial charge in [0, 0.05) is 18.3 Å². The van der Waals surface area contributed by atoms with Crippen LogP contribution in [0.15, 0.2) is 18.2 Å². The number of hydrogen-bond donors (Lipinski definition) is 2. The first-order chi connectivity index (χ1) is 7.79. The minimum absolute atomic E-state index is 0.507. The lowest BCUT2D eigenvalue weighted by molar-refractivity contribution is 0.633. The van der Waals surface area contributed by atoms with Crippen LogP contribution in [0.3, 0.4) is 0 Å². The summed E-state index contributed by atoms with van der Waals surface area (Å²) in [5, 5.41) is 16.1. The molecular weight excluding hydrogens is 222 g/mol. The molecule has 1 heterocycles. The number of nitrogens with zero attached hydrogens (tertiary/aromatic N) is 1. The molecule has 16 heavy (non-hydrogen) atoms. The highest BCUT2D eigenvalue weighted by molar-refractivity contribution is 6.31. The first-order valence-corrected chi connectivity index (χ1v) is 5.84. The van der Waals surface area contributed by atoms with Crippen LogP contribution in [-0.4, -0.2) is 19.1 Å². The standard InChI is InChI=1S/C12H14ClN3/c13-12-4-3-10(6-9(12)7-14)16-8-11-2-1-5-15-11/h3-4,6,11,15-16H,1-2,5,8H2. The topological polar surface area (TPSA) is 47.9 Å². The third-order valence-corrected chi connectivity index (χ3v) is 3.13. The molecule has 2 N–H and O–H groups in total. The predicted octanol–water partition coefficient (Wildman–Crippen LogP) is 2.38. The van der Waals surface area contributed by atoms with Gasteiger partial charge in [0.05, 0.1) is 10.6 Å². The molecule has 1 saturated heterocycles. The van der Waals surface area contributed by atoms with E-state index in [0.29, 0.717) is 16.6 Å². The molecule has 1 aromatic carbocycles. The first kappa shape index (κ1) is 11.3. The minimum Gasteiger partial charge on any atom is -0.383 e. The van der Waals surface area contributed by atoms with E-state index in [-0.39, 0.29) is 0 Å². The van der Waals surface area contributed by atoms with Crippen LogP contribution in [0.25, 0.3) is 0 Å². The van der Waals surface area contributed by atoms with Crippen LogP contribution in [0.2, 0.25) is 5.02 Å². The highest BCUT2D eigenvalue weighted by Gasteiger charge is 2.13. The molecule has 1 aliphatic rings. The molecule has 0 aromatic heterocycles. The number of nitrogens with one attached hydrogen (secondary N) is 2. The highest BCUT2D eigenvalue weighted by atomic mass is 35.5. The molecule has 1 aliphatic heterocycles. The van der Waals surface area contributed by atoms with E-state index in [9.17, 15) is 0 Å². The van der Waals surface area contributed by atoms with Crippen LogP contribution in [0.1, 0.15) is 18.4 Å². The predicted molar refractivity (Wildman–Crippen MR) is 65.7 cm³/mol. The molecule has 2 rings (SSSR count). The van der Waals surface area contributed by atoms with Gasteiger partial charge < -0.3 is 10.6 Å². The molecule has 0 bridgehead atoms. The Hall–Kier alpha value is -1.24. The molecule has 84 valence electrons. The van der Waals surface area contributed by atoms with Crippen molar-refractivity contribution >= 4 is 17.3 Å². The number of benzene rings is 1. The summed E-state index contributed by atoms with van der Waals surface area (Å²) in [6, 6.07) is 8.06. The minimum atomic E-state index is 0.507. The molecule has 1 unspecified atom stereocenters. The Morgan fingerprint density at radius 3 is 3.12 bits per heavy atom. The number of rotatable bonds is 3. The van der Waals surface area contributed by atoms with Crippen molar-refractivity contribution in [3.8, 4) is 6.07 Å². The van der Waals surface area contributed by atoms with Gasteiger partial charge in [0.25, 0.3) is 0 Å². The summed E-state index contributed by atoms with van der Waals surface area (Å²) in [5.74, 6) is 0. The van der Waals surface area contributed by atoms with Gasteiger partial charge in [0.1, 0.15) is 6.07 Å². The molecule has 1 aromatic rings. The van der Waals surface area contributed by atoms with Crippen LogP contribution < -0.4 is 10.6 Å². The average Bonchev–Trinajstić information content (AvgIpc) is 2.81. The molecular formula is C12H14ClN3. The largest absolute Gasteiger partial charge is 0.383 e. The maximum Gasteiger partial charge on any atom is 0.101 e. The second kappa shape index (κ2) is 5.20. The van der Waals surface area contributed by atoms with Crippen LogP contribution in [-0.2, 0) is 0 Å². The molecule has 1 atom stereocenters. The zero-order valence-corrected chi connectivity index (χ0v) is 9.72. The van der Waals surface area contributed by atoms with Crippen molar-refractivity contribution in [2.75, 3.05) is 18.4 Å². The van der Waals surface area contributed by atoms with Gasteiger partial charge in [0.2, 0.25) is 0 Å². The van der Waals surface area contributed by atoms with Gasteiger partial charge >= 0.3 is 0 Å². The quantitative estimate of drug-likeness (QED) is 0.846. The Morgan fingerprint density at radius 2 is 2.44 bits per heavy atom. The van der Waals surface area contributed by atoms with E-state index >= 15 is 0 Å². The van der Waals surface area contributed by atoms with E-state index in [0.717, 1.165) is 18.8 Å². The van der Waals surface area contributed by atoms with Gasteiger partial charge in [-0.1, -0.05) is 11.6 Å². The van der Waals surface area contributed by atoms with E-state index in [1.807, 2.05) is 6.07 Å². The summed E-state index contributed by atoms with van der Waals surface area (Å²) in [4.78, 5) is 0. The highest BCUT2D eigenvalue weighted by Crippen LogP contribution is 2.19. The van der Waals surface area contributed by atoms with E-state index in [1.54, 1.807) is 12.1 Å². The lowest BCUT2D eigenvalue weighted by Gasteiger charge is -2.12. The SMILES string of the molecule is N#Cc1cc(NCC2CCCN2)ccc1Cl. The number of halogens is 1. The molecule has 0 saturated carbocycles. The summed E-state index contributed by atoms with van der Waals surface area (Å²) in [6.07, 6.45) is 2.46. The normalized spacial score (nSPS) is 19.4. The zero-order valence-electron chi connectivity index (χ0n) is 8.96. The lowest BCUT2D eigenvalue weighted by atomic mass is 10.2. The van der Waals surface area contributed by atoms with Crippen molar-refractivity contribution in [2.24, 2.45) is 0 Å². The summed E-state index contributed by atoms with van der Waals surface area (Å²) in [7, 11) is 0. The number of hydrogen-bond acceptors (Lipinski definition) is 3. The van der Waals surface area contributed by atoms with Crippen molar-refractivity contribution in [1.29, 1.82) is 5.26 Å². The molecule has 3 nitrogen and oxygen atoms in total. The maximum absolute atomic E-state index is 8.85. The molecule has 0 amide bonds. The monoisotopic (exact) mass is 235 g/mol. The second-order valence-corrected chi connectivity index (χ2v) is 4.39. The molecule has 0 radical (unpaired) electrons. The van der Waals surface area contributed by atoms with Crippen LogP contribution in [0.5, 0.6) is 0 Å². The van der Waals surface area contributed by atoms with E-state index < -0.39 is 0 Å². The van der Waals surface area contributed by atoms with Gasteiger partial charge in [-0.2, -0.15) is 5.26 Å². The Balaban J connectivity index is 1.96. The lowest BCUT2D eigenvalue weighted by Crippen LogP contribution is -2.29. The van der Waals surface area contributed by atoms with Crippen LogP contribution >= 0.6 is 11.6 Å². The first-order valence-electron chi connectivity index (χ1n) is 5.46. The second-order valence-electron chi connectivity index (χ2n) is 3.98. The van der Waals surface area contributed by atoms with Crippen molar-refractivity contribution in [2.45, 2.75) is 18.9 Å². The summed E-state index contributed by atoms with van der Waals surface area (Å²) in [5.41, 5.74) is 1.47. The molecule has 0 spiro atoms. The van der Waals surface area contributed by atoms with Crippen LogP contribution in [0.4, 0.5) is 5.69 Å². The fourth-order valence-electron chi connectivity index (χ4n) is 1.89. The van der Waals surface area contributed by atoms with Gasteiger partial charge in [-0.3, -0.25) is 0 Å². The maximum atomic E-state index is 8.85. The average molecular weight is 236 g/mol. The molecule has 1 fully saturated rings. The van der Waals surface area contributed by atoms with E-state index in [2.05, 4.69) is 16.7 Å². The van der Waals surface area contributed by atoms with Gasteiger partial charge in [-0.05, 0) is 37.6 Å². The Morgan fingerprint density at radius 1 is 1.56 bits per heavy atom. The van der Waals surface area contributed by atoms with E-state index in [1.165, 1.54) is 12.8 Å². The third kappa shape index (κ3) is 2.66. The molecule has 4 heteroatoms. The smallest absolute Gasteiger partial charge is 0.101 e. The van der Waals surface area contributed by atoms with Crippen molar-refractivity contribution < 1.29 is 0 Å². The van der Waals surface area contributed by atoms with Gasteiger partial charge in [0.15, 0.2) is 0 Å². The van der Waals surface area contributed by atoms with Crippen LogP contribution in [0, 0.1) is 11.3 Å². The van der Waals surface area contributed by atoms with E-state index in [4.69, 9.17) is 16.9 Å². The third-order valence-electron chi connectivity index (χ3n) is 2.80. The fourth-order valence-corrected chi connectivity index (χ4v) is 2.05. The fraction of sp³-hybridized carbons (Fsp3) is 0.417. The Kier molecular flexibility index (Phi) is 3.66. The Labute approximate surface area is 100 Å². The van der Waals surface area contributed by atoms with Gasteiger partial charge in [-0.15, -0.1) is 0 Å². The van der Waals surface area contributed by atoms with Crippen molar-refractivity contribution in [3.05, 3.63) is 28.8 Å². The summed E-state index contributed by atoms with van der Waals surface area (Å²) < 4.78 is 0. The summed E-state index contributed by atoms with van der Waals surface area (Å²) >= 11 is 5.86. The summed E-state index contributed by atoms with van der Waals surface area (Å²) in [6.45, 7) is 2.00. The van der Waals surface area contributed by atoms with Gasteiger partial charge in [-0.25, -0.2) is 0 Å². The number of nitriles is 1.